The Hall–Kier alpha value is -2.82. The van der Waals surface area contributed by atoms with Gasteiger partial charge in [-0.05, 0) is 17.7 Å². The molecular weight excluding hydrogens is 314 g/mol. The molecule has 0 atom stereocenters. The standard InChI is InChI=1S/C20H23N3O2/c1-16(24)22-11-13-23(14-12-22)19-10-6-5-9-18(19)21-20(25)15-17-7-3-2-4-8-17/h2-10H,11-15H2,1H3,(H,21,25). The molecule has 1 aliphatic rings. The van der Waals surface area contributed by atoms with Crippen LogP contribution in [0.15, 0.2) is 54.6 Å². The smallest absolute Gasteiger partial charge is 0.228 e. The van der Waals surface area contributed by atoms with Crippen LogP contribution in [0.2, 0.25) is 0 Å². The van der Waals surface area contributed by atoms with Crippen LogP contribution in [-0.2, 0) is 16.0 Å². The van der Waals surface area contributed by atoms with Gasteiger partial charge in [-0.25, -0.2) is 0 Å². The molecule has 0 aliphatic carbocycles. The van der Waals surface area contributed by atoms with E-state index in [0.29, 0.717) is 19.5 Å². The number of nitrogens with zero attached hydrogens (tertiary/aromatic N) is 2. The van der Waals surface area contributed by atoms with E-state index in [1.807, 2.05) is 59.5 Å². The van der Waals surface area contributed by atoms with Crippen LogP contribution in [-0.4, -0.2) is 42.9 Å². The Morgan fingerprint density at radius 3 is 2.24 bits per heavy atom. The first-order chi connectivity index (χ1) is 12.1. The van der Waals surface area contributed by atoms with Crippen molar-refractivity contribution in [3.63, 3.8) is 0 Å². The Morgan fingerprint density at radius 1 is 0.920 bits per heavy atom. The van der Waals surface area contributed by atoms with Crippen LogP contribution in [0.1, 0.15) is 12.5 Å². The SMILES string of the molecule is CC(=O)N1CCN(c2ccccc2NC(=O)Cc2ccccc2)CC1. The van der Waals surface area contributed by atoms with Crippen molar-refractivity contribution in [3.8, 4) is 0 Å². The molecule has 2 aromatic carbocycles. The summed E-state index contributed by atoms with van der Waals surface area (Å²) in [6.07, 6.45) is 0.354. The van der Waals surface area contributed by atoms with E-state index in [1.165, 1.54) is 0 Å². The van der Waals surface area contributed by atoms with Crippen molar-refractivity contribution >= 4 is 23.2 Å². The van der Waals surface area contributed by atoms with Gasteiger partial charge in [0, 0.05) is 33.1 Å². The van der Waals surface area contributed by atoms with E-state index < -0.39 is 0 Å². The number of para-hydroxylation sites is 2. The zero-order valence-corrected chi connectivity index (χ0v) is 14.4. The van der Waals surface area contributed by atoms with Gasteiger partial charge in [-0.3, -0.25) is 9.59 Å². The Balaban J connectivity index is 1.67. The van der Waals surface area contributed by atoms with Crippen LogP contribution in [0, 0.1) is 0 Å². The van der Waals surface area contributed by atoms with E-state index >= 15 is 0 Å². The lowest BCUT2D eigenvalue weighted by atomic mass is 10.1. The van der Waals surface area contributed by atoms with E-state index in [1.54, 1.807) is 6.92 Å². The molecule has 25 heavy (non-hydrogen) atoms. The van der Waals surface area contributed by atoms with Crippen molar-refractivity contribution in [2.24, 2.45) is 0 Å². The Morgan fingerprint density at radius 2 is 1.56 bits per heavy atom. The Kier molecular flexibility index (Phi) is 5.33. The predicted octanol–water partition coefficient (Wildman–Crippen LogP) is 2.54. The van der Waals surface area contributed by atoms with Crippen LogP contribution >= 0.6 is 0 Å². The summed E-state index contributed by atoms with van der Waals surface area (Å²) in [7, 11) is 0. The van der Waals surface area contributed by atoms with E-state index in [4.69, 9.17) is 0 Å². The number of benzene rings is 2. The lowest BCUT2D eigenvalue weighted by molar-refractivity contribution is -0.129. The lowest BCUT2D eigenvalue weighted by Crippen LogP contribution is -2.48. The average molecular weight is 337 g/mol. The highest BCUT2D eigenvalue weighted by atomic mass is 16.2. The van der Waals surface area contributed by atoms with Gasteiger partial charge in [0.15, 0.2) is 0 Å². The summed E-state index contributed by atoms with van der Waals surface area (Å²) in [6.45, 7) is 4.56. The molecule has 0 spiro atoms. The molecule has 0 saturated carbocycles. The number of carbonyl (C=O) groups excluding carboxylic acids is 2. The van der Waals surface area contributed by atoms with Gasteiger partial charge in [0.25, 0.3) is 0 Å². The van der Waals surface area contributed by atoms with Crippen LogP contribution < -0.4 is 10.2 Å². The molecule has 0 bridgehead atoms. The maximum Gasteiger partial charge on any atom is 0.228 e. The van der Waals surface area contributed by atoms with E-state index in [9.17, 15) is 9.59 Å². The third-order valence-corrected chi connectivity index (χ3v) is 4.45. The van der Waals surface area contributed by atoms with Gasteiger partial charge in [0.05, 0.1) is 17.8 Å². The second-order valence-electron chi connectivity index (χ2n) is 6.22. The quantitative estimate of drug-likeness (QED) is 0.933. The van der Waals surface area contributed by atoms with Crippen molar-refractivity contribution in [2.45, 2.75) is 13.3 Å². The number of anilines is 2. The number of rotatable bonds is 4. The summed E-state index contributed by atoms with van der Waals surface area (Å²) in [6, 6.07) is 17.6. The van der Waals surface area contributed by atoms with Crippen molar-refractivity contribution in [1.29, 1.82) is 0 Å². The molecule has 3 rings (SSSR count). The molecular formula is C20H23N3O2. The summed E-state index contributed by atoms with van der Waals surface area (Å²) in [5, 5.41) is 3.03. The second-order valence-corrected chi connectivity index (χ2v) is 6.22. The molecule has 0 radical (unpaired) electrons. The fourth-order valence-corrected chi connectivity index (χ4v) is 3.09. The van der Waals surface area contributed by atoms with Crippen LogP contribution in [0.4, 0.5) is 11.4 Å². The van der Waals surface area contributed by atoms with Gasteiger partial charge in [-0.15, -0.1) is 0 Å². The second kappa shape index (κ2) is 7.83. The zero-order chi connectivity index (χ0) is 17.6. The van der Waals surface area contributed by atoms with E-state index in [2.05, 4.69) is 10.2 Å². The predicted molar refractivity (Wildman–Crippen MR) is 99.7 cm³/mol. The highest BCUT2D eigenvalue weighted by molar-refractivity contribution is 5.95. The molecule has 1 heterocycles. The summed E-state index contributed by atoms with van der Waals surface area (Å²) in [5.41, 5.74) is 2.82. The van der Waals surface area contributed by atoms with E-state index in [0.717, 1.165) is 30.0 Å². The van der Waals surface area contributed by atoms with Crippen molar-refractivity contribution in [3.05, 3.63) is 60.2 Å². The van der Waals surface area contributed by atoms with Crippen molar-refractivity contribution in [1.82, 2.24) is 4.90 Å². The normalized spacial score (nSPS) is 14.3. The number of carbonyl (C=O) groups is 2. The molecule has 1 saturated heterocycles. The summed E-state index contributed by atoms with van der Waals surface area (Å²) < 4.78 is 0. The van der Waals surface area contributed by atoms with Gasteiger partial charge in [0.2, 0.25) is 11.8 Å². The Bertz CT molecular complexity index is 738. The third-order valence-electron chi connectivity index (χ3n) is 4.45. The average Bonchev–Trinajstić information content (AvgIpc) is 2.63. The number of piperazine rings is 1. The first-order valence-corrected chi connectivity index (χ1v) is 8.57. The van der Waals surface area contributed by atoms with Gasteiger partial charge < -0.3 is 15.1 Å². The molecule has 1 fully saturated rings. The Labute approximate surface area is 148 Å². The number of nitrogens with one attached hydrogen (secondary N) is 1. The highest BCUT2D eigenvalue weighted by Crippen LogP contribution is 2.26. The maximum absolute atomic E-state index is 12.4. The van der Waals surface area contributed by atoms with Gasteiger partial charge in [0.1, 0.15) is 0 Å². The van der Waals surface area contributed by atoms with Gasteiger partial charge in [-0.2, -0.15) is 0 Å². The molecule has 1 N–H and O–H groups in total. The molecule has 2 amide bonds. The van der Waals surface area contributed by atoms with Crippen molar-refractivity contribution < 1.29 is 9.59 Å². The summed E-state index contributed by atoms with van der Waals surface area (Å²) >= 11 is 0. The van der Waals surface area contributed by atoms with Gasteiger partial charge >= 0.3 is 0 Å². The topological polar surface area (TPSA) is 52.7 Å². The monoisotopic (exact) mass is 337 g/mol. The van der Waals surface area contributed by atoms with Crippen LogP contribution in [0.25, 0.3) is 0 Å². The first-order valence-electron chi connectivity index (χ1n) is 8.57. The molecule has 0 aromatic heterocycles. The minimum absolute atomic E-state index is 0.0268. The third kappa shape index (κ3) is 4.38. The zero-order valence-electron chi connectivity index (χ0n) is 14.4. The summed E-state index contributed by atoms with van der Waals surface area (Å²) in [5.74, 6) is 0.0881. The fraction of sp³-hybridized carbons (Fsp3) is 0.300. The summed E-state index contributed by atoms with van der Waals surface area (Å²) in [4.78, 5) is 27.9. The molecule has 130 valence electrons. The lowest BCUT2D eigenvalue weighted by Gasteiger charge is -2.36. The molecule has 5 heteroatoms. The fourth-order valence-electron chi connectivity index (χ4n) is 3.09. The molecule has 0 unspecified atom stereocenters. The molecule has 2 aromatic rings. The van der Waals surface area contributed by atoms with E-state index in [-0.39, 0.29) is 11.8 Å². The highest BCUT2D eigenvalue weighted by Gasteiger charge is 2.20. The first kappa shape index (κ1) is 17.0. The largest absolute Gasteiger partial charge is 0.366 e. The maximum atomic E-state index is 12.4. The molecule has 1 aliphatic heterocycles. The number of hydrogen-bond acceptors (Lipinski definition) is 3. The number of hydrogen-bond donors (Lipinski definition) is 1. The molecule has 5 nitrogen and oxygen atoms in total. The van der Waals surface area contributed by atoms with Crippen LogP contribution in [0.5, 0.6) is 0 Å². The minimum Gasteiger partial charge on any atom is -0.366 e. The van der Waals surface area contributed by atoms with Gasteiger partial charge in [-0.1, -0.05) is 42.5 Å². The van der Waals surface area contributed by atoms with Crippen LogP contribution in [0.3, 0.4) is 0 Å². The number of amides is 2. The minimum atomic E-state index is -0.0268. The van der Waals surface area contributed by atoms with Crippen molar-refractivity contribution in [2.75, 3.05) is 36.4 Å².